The highest BCUT2D eigenvalue weighted by molar-refractivity contribution is 6.74. The van der Waals surface area contributed by atoms with Crippen molar-refractivity contribution in [1.29, 1.82) is 0 Å². The van der Waals surface area contributed by atoms with Gasteiger partial charge in [0.15, 0.2) is 8.32 Å². The molecular weight excluding hydrogens is 396 g/mol. The van der Waals surface area contributed by atoms with E-state index in [4.69, 9.17) is 13.9 Å². The van der Waals surface area contributed by atoms with Crippen LogP contribution in [0.5, 0.6) is 0 Å². The van der Waals surface area contributed by atoms with E-state index in [9.17, 15) is 9.59 Å². The molecule has 0 saturated carbocycles. The first-order valence-electron chi connectivity index (χ1n) is 10.5. The van der Waals surface area contributed by atoms with Crippen LogP contribution in [0.15, 0.2) is 48.1 Å². The van der Waals surface area contributed by atoms with Crippen molar-refractivity contribution in [3.8, 4) is 0 Å². The van der Waals surface area contributed by atoms with Crippen molar-refractivity contribution < 1.29 is 23.5 Å². The molecule has 30 heavy (non-hydrogen) atoms. The zero-order valence-electron chi connectivity index (χ0n) is 19.0. The van der Waals surface area contributed by atoms with Gasteiger partial charge in [0.1, 0.15) is 0 Å². The zero-order valence-corrected chi connectivity index (χ0v) is 20.0. The molecule has 0 saturated heterocycles. The van der Waals surface area contributed by atoms with E-state index in [-0.39, 0.29) is 11.6 Å². The third-order valence-electron chi connectivity index (χ3n) is 5.78. The van der Waals surface area contributed by atoms with E-state index < -0.39 is 25.9 Å². The summed E-state index contributed by atoms with van der Waals surface area (Å²) in [7, 11) is -1.85. The Bertz CT molecular complexity index is 805. The SMILES string of the molecule is CCOC(=O)C1(/C=C/c2ccccc2)OC(=O)C=C1CCCO[Si](C)(C)C(C)(C)C. The van der Waals surface area contributed by atoms with E-state index >= 15 is 0 Å². The molecule has 0 radical (unpaired) electrons. The second kappa shape index (κ2) is 9.75. The lowest BCUT2D eigenvalue weighted by atomic mass is 9.90. The fourth-order valence-electron chi connectivity index (χ4n) is 2.97. The molecule has 1 unspecified atom stereocenters. The van der Waals surface area contributed by atoms with Gasteiger partial charge in [0.2, 0.25) is 5.60 Å². The maximum atomic E-state index is 12.9. The molecule has 1 aromatic rings. The second-order valence-electron chi connectivity index (χ2n) is 9.00. The summed E-state index contributed by atoms with van der Waals surface area (Å²) in [5.74, 6) is -1.10. The molecular formula is C24H34O5Si. The lowest BCUT2D eigenvalue weighted by molar-refractivity contribution is -0.167. The molecule has 0 aromatic heterocycles. The number of cyclic esters (lactones) is 1. The van der Waals surface area contributed by atoms with Crippen LogP contribution in [0.3, 0.4) is 0 Å². The fraction of sp³-hybridized carbons (Fsp3) is 0.500. The molecule has 1 aliphatic heterocycles. The summed E-state index contributed by atoms with van der Waals surface area (Å²) in [6, 6.07) is 9.57. The van der Waals surface area contributed by atoms with E-state index in [1.807, 2.05) is 30.3 Å². The van der Waals surface area contributed by atoms with Gasteiger partial charge in [-0.25, -0.2) is 9.59 Å². The quantitative estimate of drug-likeness (QED) is 0.303. The summed E-state index contributed by atoms with van der Waals surface area (Å²) >= 11 is 0. The van der Waals surface area contributed by atoms with E-state index in [0.717, 1.165) is 5.56 Å². The molecule has 0 aliphatic carbocycles. The van der Waals surface area contributed by atoms with Gasteiger partial charge in [-0.1, -0.05) is 57.2 Å². The molecule has 0 fully saturated rings. The number of carbonyl (C=O) groups is 2. The van der Waals surface area contributed by atoms with Gasteiger partial charge in [-0.2, -0.15) is 0 Å². The van der Waals surface area contributed by atoms with Crippen molar-refractivity contribution in [3.05, 3.63) is 53.6 Å². The second-order valence-corrected chi connectivity index (χ2v) is 13.8. The van der Waals surface area contributed by atoms with Gasteiger partial charge >= 0.3 is 11.9 Å². The predicted octanol–water partition coefficient (Wildman–Crippen LogP) is 5.29. The first-order chi connectivity index (χ1) is 14.0. The molecule has 1 atom stereocenters. The van der Waals surface area contributed by atoms with Crippen LogP contribution in [0.2, 0.25) is 18.1 Å². The number of carbonyl (C=O) groups excluding carboxylic acids is 2. The van der Waals surface area contributed by atoms with E-state index in [1.165, 1.54) is 6.08 Å². The Kier molecular flexibility index (Phi) is 7.83. The molecule has 0 bridgehead atoms. The predicted molar refractivity (Wildman–Crippen MR) is 121 cm³/mol. The average Bonchev–Trinajstić information content (AvgIpc) is 3.00. The molecule has 164 valence electrons. The van der Waals surface area contributed by atoms with Crippen LogP contribution in [-0.2, 0) is 23.5 Å². The Labute approximate surface area is 181 Å². The maximum Gasteiger partial charge on any atom is 0.359 e. The number of ether oxygens (including phenoxy) is 2. The Morgan fingerprint density at radius 1 is 1.20 bits per heavy atom. The van der Waals surface area contributed by atoms with Crippen molar-refractivity contribution >= 4 is 26.3 Å². The van der Waals surface area contributed by atoms with E-state index in [2.05, 4.69) is 33.9 Å². The fourth-order valence-corrected chi connectivity index (χ4v) is 4.05. The van der Waals surface area contributed by atoms with E-state index in [1.54, 1.807) is 19.1 Å². The molecule has 0 spiro atoms. The molecule has 5 nitrogen and oxygen atoms in total. The Morgan fingerprint density at radius 2 is 1.87 bits per heavy atom. The van der Waals surface area contributed by atoms with Crippen LogP contribution in [0, 0.1) is 0 Å². The summed E-state index contributed by atoms with van der Waals surface area (Å²) < 4.78 is 17.0. The molecule has 1 aliphatic rings. The van der Waals surface area contributed by atoms with Gasteiger partial charge in [0, 0.05) is 12.7 Å². The lowest BCUT2D eigenvalue weighted by Gasteiger charge is -2.36. The summed E-state index contributed by atoms with van der Waals surface area (Å²) in [5, 5.41) is 0.131. The van der Waals surface area contributed by atoms with Gasteiger partial charge in [-0.3, -0.25) is 0 Å². The lowest BCUT2D eigenvalue weighted by Crippen LogP contribution is -2.42. The molecule has 0 amide bonds. The summed E-state index contributed by atoms with van der Waals surface area (Å²) in [6.07, 6.45) is 6.04. The minimum Gasteiger partial charge on any atom is -0.463 e. The van der Waals surface area contributed by atoms with Crippen molar-refractivity contribution in [3.63, 3.8) is 0 Å². The van der Waals surface area contributed by atoms with Crippen LogP contribution in [0.4, 0.5) is 0 Å². The van der Waals surface area contributed by atoms with Gasteiger partial charge in [0.05, 0.1) is 6.61 Å². The topological polar surface area (TPSA) is 61.8 Å². The van der Waals surface area contributed by atoms with Crippen molar-refractivity contribution in [1.82, 2.24) is 0 Å². The highest BCUT2D eigenvalue weighted by Crippen LogP contribution is 2.38. The average molecular weight is 431 g/mol. The van der Waals surface area contributed by atoms with Gasteiger partial charge in [-0.05, 0) is 55.1 Å². The molecule has 6 heteroatoms. The van der Waals surface area contributed by atoms with Crippen LogP contribution < -0.4 is 0 Å². The summed E-state index contributed by atoms with van der Waals surface area (Å²) in [4.78, 5) is 25.0. The van der Waals surface area contributed by atoms with Gasteiger partial charge in [-0.15, -0.1) is 0 Å². The Hall–Kier alpha value is -2.18. The first-order valence-corrected chi connectivity index (χ1v) is 13.4. The number of esters is 2. The van der Waals surface area contributed by atoms with Crippen LogP contribution >= 0.6 is 0 Å². The van der Waals surface area contributed by atoms with Crippen LogP contribution in [-0.4, -0.2) is 39.1 Å². The number of hydrogen-bond acceptors (Lipinski definition) is 5. The third-order valence-corrected chi connectivity index (χ3v) is 10.3. The standard InChI is InChI=1S/C24H34O5Si/c1-7-27-22(26)24(16-15-19-12-9-8-10-13-19)20(18-21(25)29-24)14-11-17-28-30(5,6)23(2,3)4/h8-10,12-13,15-16,18H,7,11,14,17H2,1-6H3/b16-15+. The first kappa shape index (κ1) is 24.1. The van der Waals surface area contributed by atoms with E-state index in [0.29, 0.717) is 25.0 Å². The normalized spacial score (nSPS) is 19.7. The monoisotopic (exact) mass is 430 g/mol. The van der Waals surface area contributed by atoms with Crippen molar-refractivity contribution in [2.75, 3.05) is 13.2 Å². The summed E-state index contributed by atoms with van der Waals surface area (Å²) in [6.45, 7) is 13.5. The minimum absolute atomic E-state index is 0.131. The highest BCUT2D eigenvalue weighted by atomic mass is 28.4. The van der Waals surface area contributed by atoms with Crippen molar-refractivity contribution in [2.24, 2.45) is 0 Å². The number of rotatable bonds is 9. The van der Waals surface area contributed by atoms with Gasteiger partial charge < -0.3 is 13.9 Å². The van der Waals surface area contributed by atoms with Crippen molar-refractivity contribution in [2.45, 2.75) is 64.3 Å². The molecule has 1 heterocycles. The Balaban J connectivity index is 2.18. The minimum atomic E-state index is -1.85. The highest BCUT2D eigenvalue weighted by Gasteiger charge is 2.49. The van der Waals surface area contributed by atoms with Crippen LogP contribution in [0.1, 0.15) is 46.1 Å². The number of hydrogen-bond donors (Lipinski definition) is 0. The van der Waals surface area contributed by atoms with Gasteiger partial charge in [0.25, 0.3) is 0 Å². The summed E-state index contributed by atoms with van der Waals surface area (Å²) in [5.41, 5.74) is 0.00148. The number of benzene rings is 1. The largest absolute Gasteiger partial charge is 0.463 e. The molecule has 2 rings (SSSR count). The maximum absolute atomic E-state index is 12.9. The smallest absolute Gasteiger partial charge is 0.359 e. The van der Waals surface area contributed by atoms with Crippen LogP contribution in [0.25, 0.3) is 6.08 Å². The molecule has 0 N–H and O–H groups in total. The third kappa shape index (κ3) is 5.70. The Morgan fingerprint density at radius 3 is 2.47 bits per heavy atom. The molecule has 1 aromatic carbocycles. The zero-order chi connectivity index (χ0) is 22.4.